The smallest absolute Gasteiger partial charge is 0.147 e. The summed E-state index contributed by atoms with van der Waals surface area (Å²) in [7, 11) is 3.64. The lowest BCUT2D eigenvalue weighted by molar-refractivity contribution is -0.122. The van der Waals surface area contributed by atoms with E-state index in [0.29, 0.717) is 25.5 Å². The first-order chi connectivity index (χ1) is 7.72. The number of ether oxygens (including phenoxy) is 1. The van der Waals surface area contributed by atoms with Crippen LogP contribution in [0.4, 0.5) is 0 Å². The number of rotatable bonds is 4. The van der Waals surface area contributed by atoms with Crippen molar-refractivity contribution in [1.82, 2.24) is 20.1 Å². The largest absolute Gasteiger partial charge is 0.379 e. The molecule has 1 N–H and O–H groups in total. The van der Waals surface area contributed by atoms with E-state index < -0.39 is 0 Å². The number of aryl methyl sites for hydroxylation is 1. The van der Waals surface area contributed by atoms with Crippen molar-refractivity contribution in [3.05, 3.63) is 12.2 Å². The fourth-order valence-electron chi connectivity index (χ4n) is 1.92. The third-order valence-corrected chi connectivity index (χ3v) is 3.00. The van der Waals surface area contributed by atoms with Gasteiger partial charge in [-0.2, -0.15) is 5.10 Å². The van der Waals surface area contributed by atoms with Crippen LogP contribution in [-0.4, -0.2) is 46.9 Å². The number of carbonyl (C=O) groups excluding carboxylic acids is 1. The second-order valence-corrected chi connectivity index (χ2v) is 3.98. The molecule has 1 aliphatic heterocycles. The lowest BCUT2D eigenvalue weighted by Gasteiger charge is -2.14. The van der Waals surface area contributed by atoms with E-state index in [0.717, 1.165) is 0 Å². The van der Waals surface area contributed by atoms with Crippen molar-refractivity contribution in [2.45, 2.75) is 12.5 Å². The summed E-state index contributed by atoms with van der Waals surface area (Å²) in [6.45, 7) is 1.11. The Morgan fingerprint density at radius 1 is 1.69 bits per heavy atom. The Bertz CT molecular complexity index is 377. The predicted octanol–water partition coefficient (Wildman–Crippen LogP) is -0.839. The third-order valence-electron chi connectivity index (χ3n) is 3.00. The van der Waals surface area contributed by atoms with E-state index in [1.807, 2.05) is 7.05 Å². The fourth-order valence-corrected chi connectivity index (χ4v) is 1.92. The minimum atomic E-state index is -0.0679. The molecule has 1 aliphatic rings. The van der Waals surface area contributed by atoms with Crippen molar-refractivity contribution < 1.29 is 9.53 Å². The quantitative estimate of drug-likeness (QED) is 0.722. The van der Waals surface area contributed by atoms with Gasteiger partial charge in [-0.15, -0.1) is 0 Å². The van der Waals surface area contributed by atoms with Crippen molar-refractivity contribution >= 4 is 5.78 Å². The molecule has 2 rings (SSSR count). The fraction of sp³-hybridized carbons (Fsp3) is 0.700. The zero-order valence-corrected chi connectivity index (χ0v) is 9.51. The van der Waals surface area contributed by atoms with Crippen LogP contribution in [0.15, 0.2) is 6.33 Å². The van der Waals surface area contributed by atoms with Gasteiger partial charge < -0.3 is 10.1 Å². The van der Waals surface area contributed by atoms with E-state index in [2.05, 4.69) is 15.4 Å². The molecule has 0 saturated carbocycles. The van der Waals surface area contributed by atoms with Crippen LogP contribution in [0.3, 0.4) is 0 Å². The lowest BCUT2D eigenvalue weighted by Crippen LogP contribution is -2.37. The van der Waals surface area contributed by atoms with E-state index in [1.54, 1.807) is 11.7 Å². The Morgan fingerprint density at radius 2 is 2.50 bits per heavy atom. The maximum atomic E-state index is 12.0. The molecule has 0 aromatic carbocycles. The molecule has 1 saturated heterocycles. The highest BCUT2D eigenvalue weighted by atomic mass is 16.5. The first-order valence-electron chi connectivity index (χ1n) is 5.33. The SMILES string of the molecule is CNC1COCC1C(=O)Cc1ncnn1C. The topological polar surface area (TPSA) is 69.0 Å². The number of ketones is 1. The predicted molar refractivity (Wildman–Crippen MR) is 56.9 cm³/mol. The van der Waals surface area contributed by atoms with Crippen molar-refractivity contribution in [1.29, 1.82) is 0 Å². The molecule has 2 heterocycles. The second-order valence-electron chi connectivity index (χ2n) is 3.98. The zero-order valence-electron chi connectivity index (χ0n) is 9.51. The van der Waals surface area contributed by atoms with Gasteiger partial charge in [0.05, 0.1) is 25.6 Å². The molecule has 1 aromatic heterocycles. The average Bonchev–Trinajstić information content (AvgIpc) is 2.87. The Kier molecular flexibility index (Phi) is 3.31. The molecular weight excluding hydrogens is 208 g/mol. The number of Topliss-reactive ketones (excluding diaryl/α,β-unsaturated/α-hetero) is 1. The number of carbonyl (C=O) groups is 1. The average molecular weight is 224 g/mol. The van der Waals surface area contributed by atoms with Crippen LogP contribution >= 0.6 is 0 Å². The van der Waals surface area contributed by atoms with Gasteiger partial charge in [-0.3, -0.25) is 9.48 Å². The standard InChI is InChI=1S/C10H16N4O2/c1-11-8-5-16-4-7(8)9(15)3-10-12-6-13-14(10)2/h6-8,11H,3-5H2,1-2H3. The Hall–Kier alpha value is -1.27. The maximum Gasteiger partial charge on any atom is 0.147 e. The molecule has 1 aromatic rings. The summed E-state index contributed by atoms with van der Waals surface area (Å²) in [5.41, 5.74) is 0. The molecule has 88 valence electrons. The van der Waals surface area contributed by atoms with Crippen molar-refractivity contribution in [3.8, 4) is 0 Å². The van der Waals surface area contributed by atoms with Crippen LogP contribution in [0.1, 0.15) is 5.82 Å². The van der Waals surface area contributed by atoms with Crippen LogP contribution in [0.25, 0.3) is 0 Å². The normalized spacial score (nSPS) is 24.9. The summed E-state index contributed by atoms with van der Waals surface area (Å²) in [5.74, 6) is 0.793. The van der Waals surface area contributed by atoms with Gasteiger partial charge in [-0.1, -0.05) is 0 Å². The number of nitrogens with one attached hydrogen (secondary N) is 1. The van der Waals surface area contributed by atoms with E-state index in [4.69, 9.17) is 4.74 Å². The highest BCUT2D eigenvalue weighted by Crippen LogP contribution is 2.16. The van der Waals surface area contributed by atoms with Crippen LogP contribution in [0, 0.1) is 5.92 Å². The Morgan fingerprint density at radius 3 is 3.12 bits per heavy atom. The van der Waals surface area contributed by atoms with Crippen LogP contribution in [0.5, 0.6) is 0 Å². The van der Waals surface area contributed by atoms with Gasteiger partial charge in [-0.05, 0) is 7.05 Å². The number of aromatic nitrogens is 3. The van der Waals surface area contributed by atoms with Crippen molar-refractivity contribution in [2.24, 2.45) is 13.0 Å². The summed E-state index contributed by atoms with van der Waals surface area (Å²) >= 11 is 0. The van der Waals surface area contributed by atoms with E-state index in [9.17, 15) is 4.79 Å². The molecule has 6 heteroatoms. The molecule has 0 amide bonds. The molecule has 2 atom stereocenters. The summed E-state index contributed by atoms with van der Waals surface area (Å²) in [5, 5.41) is 7.04. The summed E-state index contributed by atoms with van der Waals surface area (Å²) < 4.78 is 6.93. The molecule has 6 nitrogen and oxygen atoms in total. The second kappa shape index (κ2) is 4.71. The first kappa shape index (κ1) is 11.2. The molecule has 0 aliphatic carbocycles. The van der Waals surface area contributed by atoms with Crippen LogP contribution < -0.4 is 5.32 Å². The van der Waals surface area contributed by atoms with Crippen LogP contribution in [-0.2, 0) is 23.0 Å². The van der Waals surface area contributed by atoms with E-state index in [1.165, 1.54) is 6.33 Å². The minimum absolute atomic E-state index is 0.0679. The van der Waals surface area contributed by atoms with E-state index in [-0.39, 0.29) is 17.7 Å². The molecule has 16 heavy (non-hydrogen) atoms. The minimum Gasteiger partial charge on any atom is -0.379 e. The van der Waals surface area contributed by atoms with Gasteiger partial charge in [0.1, 0.15) is 17.9 Å². The first-order valence-corrected chi connectivity index (χ1v) is 5.33. The molecule has 2 unspecified atom stereocenters. The molecule has 0 bridgehead atoms. The number of likely N-dealkylation sites (N-methyl/N-ethyl adjacent to an activating group) is 1. The molecule has 1 fully saturated rings. The number of hydrogen-bond acceptors (Lipinski definition) is 5. The number of hydrogen-bond donors (Lipinski definition) is 1. The third kappa shape index (κ3) is 2.12. The van der Waals surface area contributed by atoms with Crippen molar-refractivity contribution in [3.63, 3.8) is 0 Å². The van der Waals surface area contributed by atoms with Gasteiger partial charge >= 0.3 is 0 Å². The molecular formula is C10H16N4O2. The Labute approximate surface area is 94.0 Å². The van der Waals surface area contributed by atoms with Gasteiger partial charge in [0.15, 0.2) is 0 Å². The molecule has 0 spiro atoms. The molecule has 0 radical (unpaired) electrons. The van der Waals surface area contributed by atoms with Crippen molar-refractivity contribution in [2.75, 3.05) is 20.3 Å². The van der Waals surface area contributed by atoms with Gasteiger partial charge in [0, 0.05) is 13.1 Å². The lowest BCUT2D eigenvalue weighted by atomic mass is 9.96. The summed E-state index contributed by atoms with van der Waals surface area (Å²) in [6.07, 6.45) is 1.78. The highest BCUT2D eigenvalue weighted by molar-refractivity contribution is 5.83. The highest BCUT2D eigenvalue weighted by Gasteiger charge is 2.33. The number of nitrogens with zero attached hydrogens (tertiary/aromatic N) is 3. The van der Waals surface area contributed by atoms with Gasteiger partial charge in [-0.25, -0.2) is 4.98 Å². The zero-order chi connectivity index (χ0) is 11.5. The maximum absolute atomic E-state index is 12.0. The van der Waals surface area contributed by atoms with E-state index >= 15 is 0 Å². The monoisotopic (exact) mass is 224 g/mol. The summed E-state index contributed by atoms with van der Waals surface area (Å²) in [6, 6.07) is 0.126. The van der Waals surface area contributed by atoms with Gasteiger partial charge in [0.2, 0.25) is 0 Å². The van der Waals surface area contributed by atoms with Gasteiger partial charge in [0.25, 0.3) is 0 Å². The van der Waals surface area contributed by atoms with Crippen LogP contribution in [0.2, 0.25) is 0 Å². The summed E-state index contributed by atoms with van der Waals surface area (Å²) in [4.78, 5) is 16.1. The Balaban J connectivity index is 2.00.